The first kappa shape index (κ1) is 7.55. The number of nitrogens with two attached hydrogens (primary N) is 1. The fourth-order valence-corrected chi connectivity index (χ4v) is 0.129. The monoisotopic (exact) mass is 119 g/mol. The van der Waals surface area contributed by atoms with Crippen molar-refractivity contribution in [2.75, 3.05) is 14.2 Å². The van der Waals surface area contributed by atoms with Crippen molar-refractivity contribution in [3.63, 3.8) is 0 Å². The van der Waals surface area contributed by atoms with E-state index in [4.69, 9.17) is 5.84 Å². The van der Waals surface area contributed by atoms with Gasteiger partial charge < -0.3 is 0 Å². The second-order valence-electron chi connectivity index (χ2n) is 1.69. The van der Waals surface area contributed by atoms with Crippen molar-refractivity contribution < 1.29 is 14.4 Å². The van der Waals surface area contributed by atoms with E-state index in [1.807, 2.05) is 0 Å². The van der Waals surface area contributed by atoms with E-state index in [9.17, 15) is 4.79 Å². The second-order valence-corrected chi connectivity index (χ2v) is 1.69. The predicted molar refractivity (Wildman–Crippen MR) is 28.1 cm³/mol. The molecule has 0 aromatic heterocycles. The maximum atomic E-state index is 10.4. The van der Waals surface area contributed by atoms with Gasteiger partial charge in [0.2, 0.25) is 0 Å². The van der Waals surface area contributed by atoms with Crippen molar-refractivity contribution in [3.05, 3.63) is 0 Å². The van der Waals surface area contributed by atoms with Crippen molar-refractivity contribution in [1.29, 1.82) is 0 Å². The molecule has 0 aliphatic carbocycles. The normalized spacial score (nSPS) is 17.5. The molecule has 1 unspecified atom stereocenters. The van der Waals surface area contributed by atoms with Crippen LogP contribution in [0.1, 0.15) is 6.92 Å². The summed E-state index contributed by atoms with van der Waals surface area (Å²) in [7, 11) is 2.84. The molecule has 0 fully saturated rings. The molecule has 0 rings (SSSR count). The van der Waals surface area contributed by atoms with E-state index in [-0.39, 0.29) is 5.91 Å². The van der Waals surface area contributed by atoms with Gasteiger partial charge in [-0.25, -0.2) is 4.79 Å². The number of amides is 1. The van der Waals surface area contributed by atoms with Crippen LogP contribution in [0.3, 0.4) is 0 Å². The minimum atomic E-state index is -0.514. The highest BCUT2D eigenvalue weighted by atomic mass is 16.7. The Morgan fingerprint density at radius 2 is 2.12 bits per heavy atom. The van der Waals surface area contributed by atoms with Crippen LogP contribution < -0.4 is 5.84 Å². The van der Waals surface area contributed by atoms with Gasteiger partial charge in [0.15, 0.2) is 0 Å². The van der Waals surface area contributed by atoms with Crippen LogP contribution in [-0.2, 0) is 9.63 Å². The number of nitrogens with zero attached hydrogens (tertiary/aromatic N) is 1. The zero-order valence-corrected chi connectivity index (χ0v) is 5.34. The highest BCUT2D eigenvalue weighted by Gasteiger charge is 2.22. The van der Waals surface area contributed by atoms with Gasteiger partial charge in [0, 0.05) is 0 Å². The molecular formula is C4H11N2O2+. The molecule has 8 heavy (non-hydrogen) atoms. The maximum absolute atomic E-state index is 10.4. The summed E-state index contributed by atoms with van der Waals surface area (Å²) in [5.74, 6) is 5.00. The Balaban J connectivity index is 3.91. The van der Waals surface area contributed by atoms with Gasteiger partial charge in [0.1, 0.15) is 7.05 Å². The Bertz CT molecular complexity index is 100. The van der Waals surface area contributed by atoms with Crippen molar-refractivity contribution in [1.82, 2.24) is 0 Å². The molecular weight excluding hydrogens is 108 g/mol. The first-order chi connectivity index (χ1) is 3.50. The van der Waals surface area contributed by atoms with E-state index in [0.717, 1.165) is 0 Å². The number of hydroxylamine groups is 2. The van der Waals surface area contributed by atoms with Crippen LogP contribution in [-0.4, -0.2) is 24.8 Å². The van der Waals surface area contributed by atoms with Crippen molar-refractivity contribution in [3.8, 4) is 0 Å². The summed E-state index contributed by atoms with van der Waals surface area (Å²) in [5, 5.41) is 0. The molecule has 0 aromatic carbocycles. The van der Waals surface area contributed by atoms with E-state index in [0.29, 0.717) is 0 Å². The molecule has 2 N–H and O–H groups in total. The largest absolute Gasteiger partial charge is 0.361 e. The molecule has 0 aliphatic heterocycles. The lowest BCUT2D eigenvalue weighted by atomic mass is 10.7. The Kier molecular flexibility index (Phi) is 2.09. The van der Waals surface area contributed by atoms with Crippen LogP contribution in [0, 0.1) is 0 Å². The van der Waals surface area contributed by atoms with Crippen LogP contribution in [0.25, 0.3) is 0 Å². The first-order valence-corrected chi connectivity index (χ1v) is 2.22. The third-order valence-electron chi connectivity index (χ3n) is 1.00. The minimum Gasteiger partial charge on any atom is -0.226 e. The Morgan fingerprint density at radius 3 is 2.12 bits per heavy atom. The molecule has 0 aromatic rings. The van der Waals surface area contributed by atoms with Gasteiger partial charge in [0.25, 0.3) is 0 Å². The van der Waals surface area contributed by atoms with E-state index in [1.165, 1.54) is 21.1 Å². The topological polar surface area (TPSA) is 52.3 Å². The summed E-state index contributed by atoms with van der Waals surface area (Å²) >= 11 is 0. The van der Waals surface area contributed by atoms with E-state index >= 15 is 0 Å². The standard InChI is InChI=1S/C4H11N2O2/c1-4(7)6(2,5)8-3/h5H2,1-3H3/q+1. The van der Waals surface area contributed by atoms with Gasteiger partial charge in [0.05, 0.1) is 14.0 Å². The summed E-state index contributed by atoms with van der Waals surface area (Å²) in [5.41, 5.74) is 0. The third kappa shape index (κ3) is 1.57. The summed E-state index contributed by atoms with van der Waals surface area (Å²) in [4.78, 5) is 15.0. The van der Waals surface area contributed by atoms with Crippen LogP contribution in [0.2, 0.25) is 0 Å². The van der Waals surface area contributed by atoms with E-state index in [1.54, 1.807) is 0 Å². The fourth-order valence-electron chi connectivity index (χ4n) is 0.129. The second kappa shape index (κ2) is 2.21. The third-order valence-corrected chi connectivity index (χ3v) is 1.00. The van der Waals surface area contributed by atoms with Gasteiger partial charge in [-0.05, 0) is 4.76 Å². The molecule has 0 saturated carbocycles. The summed E-state index contributed by atoms with van der Waals surface area (Å²) in [6, 6.07) is 0. The van der Waals surface area contributed by atoms with Crippen molar-refractivity contribution in [2.24, 2.45) is 5.84 Å². The first-order valence-electron chi connectivity index (χ1n) is 2.22. The van der Waals surface area contributed by atoms with Crippen LogP contribution >= 0.6 is 0 Å². The van der Waals surface area contributed by atoms with Gasteiger partial charge in [-0.15, -0.1) is 5.84 Å². The smallest absolute Gasteiger partial charge is 0.226 e. The zero-order valence-electron chi connectivity index (χ0n) is 5.34. The predicted octanol–water partition coefficient (Wildman–Crippen LogP) is -0.585. The molecule has 0 heterocycles. The Labute approximate surface area is 48.3 Å². The maximum Gasteiger partial charge on any atom is 0.361 e. The van der Waals surface area contributed by atoms with Crippen LogP contribution in [0.4, 0.5) is 0 Å². The summed E-state index contributed by atoms with van der Waals surface area (Å²) < 4.78 is -0.514. The quantitative estimate of drug-likeness (QED) is 0.217. The molecule has 0 spiro atoms. The van der Waals surface area contributed by atoms with Crippen LogP contribution in [0.5, 0.6) is 0 Å². The highest BCUT2D eigenvalue weighted by molar-refractivity contribution is 5.64. The number of hydrogen-bond donors (Lipinski definition) is 1. The minimum absolute atomic E-state index is 0.229. The number of carbonyl (C=O) groups excluding carboxylic acids is 1. The highest BCUT2D eigenvalue weighted by Crippen LogP contribution is 1.90. The number of carbonyl (C=O) groups is 1. The molecule has 0 aliphatic rings. The molecule has 4 nitrogen and oxygen atoms in total. The van der Waals surface area contributed by atoms with E-state index in [2.05, 4.69) is 4.84 Å². The van der Waals surface area contributed by atoms with Crippen molar-refractivity contribution >= 4 is 5.91 Å². The van der Waals surface area contributed by atoms with Gasteiger partial charge in [-0.3, -0.25) is 0 Å². The molecule has 1 amide bonds. The number of hydrogen-bond acceptors (Lipinski definition) is 3. The SMILES string of the molecule is CO[N+](C)(N)C(C)=O. The molecule has 0 bridgehead atoms. The molecule has 0 radical (unpaired) electrons. The molecule has 0 saturated heterocycles. The lowest BCUT2D eigenvalue weighted by Gasteiger charge is -2.17. The summed E-state index contributed by atoms with van der Waals surface area (Å²) in [6.45, 7) is 1.36. The van der Waals surface area contributed by atoms with Crippen LogP contribution in [0.15, 0.2) is 0 Å². The lowest BCUT2D eigenvalue weighted by molar-refractivity contribution is -1.03. The Hall–Kier alpha value is -0.450. The number of quaternary nitrogens is 1. The molecule has 4 heteroatoms. The number of rotatable bonds is 1. The molecule has 1 atom stereocenters. The molecule has 48 valence electrons. The van der Waals surface area contributed by atoms with Crippen molar-refractivity contribution in [2.45, 2.75) is 6.92 Å². The van der Waals surface area contributed by atoms with Gasteiger partial charge in [-0.2, -0.15) is 4.84 Å². The average Bonchev–Trinajstić information content (AvgIpc) is 1.67. The Morgan fingerprint density at radius 1 is 1.75 bits per heavy atom. The van der Waals surface area contributed by atoms with Gasteiger partial charge >= 0.3 is 5.91 Å². The zero-order chi connectivity index (χ0) is 6.78. The van der Waals surface area contributed by atoms with Gasteiger partial charge in [-0.1, -0.05) is 0 Å². The average molecular weight is 119 g/mol. The lowest BCUT2D eigenvalue weighted by Crippen LogP contribution is -2.53. The summed E-state index contributed by atoms with van der Waals surface area (Å²) in [6.07, 6.45) is 0. The van der Waals surface area contributed by atoms with E-state index < -0.39 is 4.76 Å². The fraction of sp³-hybridized carbons (Fsp3) is 0.750.